The number of hydrogen-bond donors (Lipinski definition) is 2. The van der Waals surface area contributed by atoms with E-state index in [1.807, 2.05) is 30.3 Å². The Labute approximate surface area is 215 Å². The van der Waals surface area contributed by atoms with Crippen LogP contribution in [0.5, 0.6) is 11.5 Å². The van der Waals surface area contributed by atoms with E-state index in [1.54, 1.807) is 30.7 Å². The van der Waals surface area contributed by atoms with Crippen LogP contribution in [0.3, 0.4) is 0 Å². The largest absolute Gasteiger partial charge is 0.493 e. The Morgan fingerprint density at radius 1 is 1.23 bits per heavy atom. The summed E-state index contributed by atoms with van der Waals surface area (Å²) in [4.78, 5) is 28.0. The summed E-state index contributed by atoms with van der Waals surface area (Å²) >= 11 is 4.80. The van der Waals surface area contributed by atoms with Gasteiger partial charge in [0.05, 0.1) is 36.5 Å². The Morgan fingerprint density at radius 3 is 2.77 bits per heavy atom. The third kappa shape index (κ3) is 8.37. The van der Waals surface area contributed by atoms with Gasteiger partial charge in [0.2, 0.25) is 5.13 Å². The Kier molecular flexibility index (Phi) is 10.1. The van der Waals surface area contributed by atoms with Crippen LogP contribution in [0.1, 0.15) is 23.7 Å². The van der Waals surface area contributed by atoms with E-state index in [4.69, 9.17) is 14.2 Å². The number of hydrazone groups is 1. The highest BCUT2D eigenvalue weighted by atomic mass is 79.9. The van der Waals surface area contributed by atoms with Crippen LogP contribution in [0.25, 0.3) is 0 Å². The minimum Gasteiger partial charge on any atom is -0.493 e. The number of aromatic nitrogens is 1. The minimum atomic E-state index is -0.319. The average Bonchev–Trinajstić information content (AvgIpc) is 3.29. The molecule has 0 radical (unpaired) electrons. The average molecular weight is 561 g/mol. The molecule has 3 aromatic rings. The van der Waals surface area contributed by atoms with Crippen LogP contribution in [-0.4, -0.2) is 43.4 Å². The van der Waals surface area contributed by atoms with Crippen LogP contribution in [0.2, 0.25) is 0 Å². The summed E-state index contributed by atoms with van der Waals surface area (Å²) in [5, 5.41) is 9.33. The van der Waals surface area contributed by atoms with Crippen molar-refractivity contribution in [3.8, 4) is 11.5 Å². The molecule has 2 aromatic carbocycles. The van der Waals surface area contributed by atoms with Gasteiger partial charge in [-0.2, -0.15) is 5.10 Å². The van der Waals surface area contributed by atoms with Gasteiger partial charge < -0.3 is 19.5 Å². The van der Waals surface area contributed by atoms with E-state index in [9.17, 15) is 9.59 Å². The van der Waals surface area contributed by atoms with Crippen LogP contribution in [0, 0.1) is 0 Å². The van der Waals surface area contributed by atoms with Crippen LogP contribution in [0.15, 0.2) is 57.4 Å². The fourth-order valence-corrected chi connectivity index (χ4v) is 4.13. The second-order valence-electron chi connectivity index (χ2n) is 7.08. The number of amides is 1. The van der Waals surface area contributed by atoms with Crippen molar-refractivity contribution >= 4 is 50.5 Å². The molecule has 184 valence electrons. The van der Waals surface area contributed by atoms with Crippen molar-refractivity contribution in [1.29, 1.82) is 0 Å². The lowest BCUT2D eigenvalue weighted by Gasteiger charge is -2.13. The number of hydrogen-bond acceptors (Lipinski definition) is 9. The normalized spacial score (nSPS) is 10.7. The van der Waals surface area contributed by atoms with Gasteiger partial charge in [-0.05, 0) is 46.1 Å². The molecule has 2 N–H and O–H groups in total. The molecule has 11 heteroatoms. The SMILES string of the molecule is CCOC(=O)Cc1csc(NN=Cc2cc(Br)c(OCC(=O)NCc3ccccc3)c(OC)c2)n1. The predicted octanol–water partition coefficient (Wildman–Crippen LogP) is 4.16. The summed E-state index contributed by atoms with van der Waals surface area (Å²) in [7, 11) is 1.52. The Balaban J connectivity index is 1.55. The van der Waals surface area contributed by atoms with Crippen LogP contribution in [-0.2, 0) is 27.3 Å². The minimum absolute atomic E-state index is 0.117. The first-order chi connectivity index (χ1) is 17.0. The first-order valence-corrected chi connectivity index (χ1v) is 12.4. The predicted molar refractivity (Wildman–Crippen MR) is 138 cm³/mol. The van der Waals surface area contributed by atoms with E-state index in [2.05, 4.69) is 36.8 Å². The van der Waals surface area contributed by atoms with Gasteiger partial charge in [0.25, 0.3) is 5.91 Å². The molecule has 1 aromatic heterocycles. The van der Waals surface area contributed by atoms with Gasteiger partial charge in [-0.15, -0.1) is 11.3 Å². The highest BCUT2D eigenvalue weighted by molar-refractivity contribution is 9.10. The highest BCUT2D eigenvalue weighted by Crippen LogP contribution is 2.36. The second-order valence-corrected chi connectivity index (χ2v) is 8.79. The number of methoxy groups -OCH3 is 1. The molecule has 3 rings (SSSR count). The molecule has 0 aliphatic carbocycles. The monoisotopic (exact) mass is 560 g/mol. The standard InChI is InChI=1S/C24H25BrN4O5S/c1-3-33-22(31)11-18-15-35-24(28-18)29-27-13-17-9-19(25)23(20(10-17)32-2)34-14-21(30)26-12-16-7-5-4-6-8-16/h4-10,13,15H,3,11-12,14H2,1-2H3,(H,26,30)(H,28,29). The third-order valence-corrected chi connectivity index (χ3v) is 5.87. The van der Waals surface area contributed by atoms with Crippen LogP contribution in [0.4, 0.5) is 5.13 Å². The molecule has 0 saturated heterocycles. The Bertz CT molecular complexity index is 1170. The summed E-state index contributed by atoms with van der Waals surface area (Å²) in [6, 6.07) is 13.2. The lowest BCUT2D eigenvalue weighted by atomic mass is 10.2. The Hall–Kier alpha value is -3.44. The zero-order valence-electron chi connectivity index (χ0n) is 19.2. The first-order valence-electron chi connectivity index (χ1n) is 10.7. The zero-order valence-corrected chi connectivity index (χ0v) is 21.6. The maximum Gasteiger partial charge on any atom is 0.311 e. The van der Waals surface area contributed by atoms with Gasteiger partial charge in [0, 0.05) is 11.9 Å². The van der Waals surface area contributed by atoms with Crippen LogP contribution < -0.4 is 20.2 Å². The van der Waals surface area contributed by atoms with Crippen molar-refractivity contribution in [3.05, 3.63) is 69.1 Å². The molecule has 0 saturated carbocycles. The van der Waals surface area contributed by atoms with Crippen LogP contribution >= 0.6 is 27.3 Å². The summed E-state index contributed by atoms with van der Waals surface area (Å²) in [5.74, 6) is 0.294. The number of nitrogens with zero attached hydrogens (tertiary/aromatic N) is 2. The molecule has 0 atom stereocenters. The van der Waals surface area contributed by atoms with Crippen molar-refractivity contribution < 1.29 is 23.8 Å². The Morgan fingerprint density at radius 2 is 2.03 bits per heavy atom. The molecular weight excluding hydrogens is 536 g/mol. The molecule has 0 aliphatic rings. The van der Waals surface area contributed by atoms with E-state index >= 15 is 0 Å². The number of carbonyl (C=O) groups is 2. The molecule has 0 spiro atoms. The summed E-state index contributed by atoms with van der Waals surface area (Å²) in [5.41, 5.74) is 5.19. The fraction of sp³-hybridized carbons (Fsp3) is 0.250. The number of anilines is 1. The van der Waals surface area contributed by atoms with Gasteiger partial charge >= 0.3 is 5.97 Å². The van der Waals surface area contributed by atoms with Gasteiger partial charge in [0.1, 0.15) is 0 Å². The molecule has 0 fully saturated rings. The molecule has 1 heterocycles. The van der Waals surface area contributed by atoms with E-state index in [1.165, 1.54) is 18.4 Å². The van der Waals surface area contributed by atoms with E-state index in [0.29, 0.717) is 39.9 Å². The topological polar surface area (TPSA) is 111 Å². The maximum atomic E-state index is 12.2. The van der Waals surface area contributed by atoms with Crippen molar-refractivity contribution in [3.63, 3.8) is 0 Å². The number of halogens is 1. The number of nitrogens with one attached hydrogen (secondary N) is 2. The van der Waals surface area contributed by atoms with Gasteiger partial charge in [-0.25, -0.2) is 4.98 Å². The molecule has 0 aliphatic heterocycles. The van der Waals surface area contributed by atoms with Crippen molar-refractivity contribution in [2.24, 2.45) is 5.10 Å². The smallest absolute Gasteiger partial charge is 0.311 e. The number of esters is 1. The maximum absolute atomic E-state index is 12.2. The lowest BCUT2D eigenvalue weighted by Crippen LogP contribution is -2.28. The molecular formula is C24H25BrN4O5S. The number of carbonyl (C=O) groups excluding carboxylic acids is 2. The zero-order chi connectivity index (χ0) is 25.0. The lowest BCUT2D eigenvalue weighted by molar-refractivity contribution is -0.142. The summed E-state index contributed by atoms with van der Waals surface area (Å²) in [6.45, 7) is 2.36. The molecule has 0 unspecified atom stereocenters. The number of rotatable bonds is 12. The van der Waals surface area contributed by atoms with E-state index in [-0.39, 0.29) is 24.9 Å². The number of ether oxygens (including phenoxy) is 3. The van der Waals surface area contributed by atoms with Gasteiger partial charge in [-0.1, -0.05) is 30.3 Å². The highest BCUT2D eigenvalue weighted by Gasteiger charge is 2.13. The van der Waals surface area contributed by atoms with Crippen molar-refractivity contribution in [1.82, 2.24) is 10.3 Å². The number of benzene rings is 2. The van der Waals surface area contributed by atoms with Gasteiger partial charge in [0.15, 0.2) is 18.1 Å². The fourth-order valence-electron chi connectivity index (χ4n) is 2.90. The molecule has 0 bridgehead atoms. The molecule has 1 amide bonds. The van der Waals surface area contributed by atoms with E-state index in [0.717, 1.165) is 11.1 Å². The first kappa shape index (κ1) is 26.2. The molecule has 35 heavy (non-hydrogen) atoms. The third-order valence-electron chi connectivity index (χ3n) is 4.49. The quantitative estimate of drug-likeness (QED) is 0.194. The second kappa shape index (κ2) is 13.4. The van der Waals surface area contributed by atoms with Crippen molar-refractivity contribution in [2.75, 3.05) is 25.7 Å². The van der Waals surface area contributed by atoms with Gasteiger partial charge in [-0.3, -0.25) is 15.0 Å². The summed E-state index contributed by atoms with van der Waals surface area (Å²) < 4.78 is 16.7. The summed E-state index contributed by atoms with van der Waals surface area (Å²) in [6.07, 6.45) is 1.71. The van der Waals surface area contributed by atoms with Crippen molar-refractivity contribution in [2.45, 2.75) is 19.9 Å². The molecule has 9 nitrogen and oxygen atoms in total. The number of thiazole rings is 1. The van der Waals surface area contributed by atoms with E-state index < -0.39 is 0 Å².